The Balaban J connectivity index is 0.962. The van der Waals surface area contributed by atoms with Crippen LogP contribution in [0.3, 0.4) is 0 Å². The molecular formula is C63H38N6O. The van der Waals surface area contributed by atoms with E-state index in [0.717, 1.165) is 93.9 Å². The van der Waals surface area contributed by atoms with Gasteiger partial charge in [-0.2, -0.15) is 9.97 Å². The zero-order chi connectivity index (χ0) is 45.9. The van der Waals surface area contributed by atoms with Crippen LogP contribution in [0.1, 0.15) is 0 Å². The largest absolute Gasteiger partial charge is 0.456 e. The summed E-state index contributed by atoms with van der Waals surface area (Å²) in [5.41, 5.74) is 14.3. The fourth-order valence-corrected chi connectivity index (χ4v) is 10.9. The molecule has 0 aliphatic carbocycles. The van der Waals surface area contributed by atoms with Crippen molar-refractivity contribution in [3.63, 3.8) is 0 Å². The maximum atomic E-state index is 6.42. The second-order valence-electron chi connectivity index (χ2n) is 18.0. The molecular weight excluding hydrogens is 857 g/mol. The molecule has 0 N–H and O–H groups in total. The molecule has 5 heterocycles. The molecule has 15 rings (SSSR count). The molecule has 0 atom stereocenters. The lowest BCUT2D eigenvalue weighted by Gasteiger charge is -2.13. The molecule has 0 fully saturated rings. The van der Waals surface area contributed by atoms with Crippen molar-refractivity contribution in [3.05, 3.63) is 231 Å². The lowest BCUT2D eigenvalue weighted by atomic mass is 10.0. The van der Waals surface area contributed by atoms with Gasteiger partial charge in [-0.25, -0.2) is 4.98 Å². The molecule has 0 aliphatic rings. The van der Waals surface area contributed by atoms with Crippen molar-refractivity contribution in [2.75, 3.05) is 0 Å². The number of hydrogen-bond donors (Lipinski definition) is 0. The molecule has 10 aromatic carbocycles. The first-order valence-electron chi connectivity index (χ1n) is 23.6. The molecule has 7 nitrogen and oxygen atoms in total. The maximum absolute atomic E-state index is 6.42. The van der Waals surface area contributed by atoms with E-state index in [2.05, 4.69) is 226 Å². The molecule has 0 spiro atoms. The van der Waals surface area contributed by atoms with E-state index in [1.165, 1.54) is 27.1 Å². The van der Waals surface area contributed by atoms with E-state index in [4.69, 9.17) is 19.4 Å². The summed E-state index contributed by atoms with van der Waals surface area (Å²) in [4.78, 5) is 16.1. The van der Waals surface area contributed by atoms with Crippen molar-refractivity contribution in [1.29, 1.82) is 0 Å². The van der Waals surface area contributed by atoms with Gasteiger partial charge in [0.25, 0.3) is 0 Å². The summed E-state index contributed by atoms with van der Waals surface area (Å²) >= 11 is 0. The van der Waals surface area contributed by atoms with Gasteiger partial charge in [-0.15, -0.1) is 0 Å². The third-order valence-corrected chi connectivity index (χ3v) is 14.1. The highest BCUT2D eigenvalue weighted by molar-refractivity contribution is 6.19. The number of aromatic nitrogens is 6. The molecule has 0 saturated heterocycles. The predicted octanol–water partition coefficient (Wildman–Crippen LogP) is 16.1. The highest BCUT2D eigenvalue weighted by Gasteiger charge is 2.22. The van der Waals surface area contributed by atoms with E-state index in [-0.39, 0.29) is 0 Å². The second-order valence-corrected chi connectivity index (χ2v) is 18.0. The Bertz CT molecular complexity index is 4600. The average molecular weight is 895 g/mol. The van der Waals surface area contributed by atoms with Crippen LogP contribution in [-0.4, -0.2) is 28.7 Å². The Labute approximate surface area is 400 Å². The molecule has 0 saturated carbocycles. The van der Waals surface area contributed by atoms with Gasteiger partial charge in [0.1, 0.15) is 11.2 Å². The zero-order valence-corrected chi connectivity index (χ0v) is 37.5. The number of furan rings is 1. The van der Waals surface area contributed by atoms with Gasteiger partial charge in [0.2, 0.25) is 5.95 Å². The summed E-state index contributed by atoms with van der Waals surface area (Å²) in [6.45, 7) is 0. The number of para-hydroxylation sites is 5. The van der Waals surface area contributed by atoms with Crippen molar-refractivity contribution in [1.82, 2.24) is 28.7 Å². The normalized spacial score (nSPS) is 12.0. The van der Waals surface area contributed by atoms with E-state index in [1.54, 1.807) is 0 Å². The predicted molar refractivity (Wildman–Crippen MR) is 286 cm³/mol. The average Bonchev–Trinajstić information content (AvgIpc) is 4.16. The molecule has 0 radical (unpaired) electrons. The number of fused-ring (bicyclic) bond motifs is 12. The van der Waals surface area contributed by atoms with E-state index in [9.17, 15) is 0 Å². The van der Waals surface area contributed by atoms with Gasteiger partial charge in [0, 0.05) is 65.6 Å². The van der Waals surface area contributed by atoms with Crippen molar-refractivity contribution >= 4 is 87.4 Å². The maximum Gasteiger partial charge on any atom is 0.238 e. The van der Waals surface area contributed by atoms with E-state index >= 15 is 0 Å². The van der Waals surface area contributed by atoms with Gasteiger partial charge in [-0.1, -0.05) is 146 Å². The summed E-state index contributed by atoms with van der Waals surface area (Å²) < 4.78 is 13.4. The monoisotopic (exact) mass is 894 g/mol. The minimum atomic E-state index is 0.529. The standard InChI is InChI=1S/C63H38N6O/c1-3-16-39(17-4-1)40-31-33-56-50(35-40)45-22-9-13-28-55(45)69(56)63-65-61(64-62(66-63)42-30-32-49-48-25-10-14-29-59(48)70-60(49)36-42)41-18-15-21-44(34-41)68-54-27-12-8-24-47(54)52-37-51-46-23-7-11-26-53(46)67(57(51)38-58(52)68)43-19-5-2-6-20-43/h1-38H. The Morgan fingerprint density at radius 1 is 0.257 bits per heavy atom. The van der Waals surface area contributed by atoms with Crippen LogP contribution in [0.5, 0.6) is 0 Å². The Morgan fingerprint density at radius 3 is 1.46 bits per heavy atom. The van der Waals surface area contributed by atoms with Gasteiger partial charge < -0.3 is 13.6 Å². The summed E-state index contributed by atoms with van der Waals surface area (Å²) in [5, 5.41) is 9.19. The SMILES string of the molecule is c1ccc(-c2ccc3c(c2)c2ccccc2n3-c2nc(-c3cccc(-n4c5ccccc5c5cc6c7ccccc7n(-c7ccccc7)c6cc54)c3)nc(-c3ccc4c(c3)oc3ccccc34)n2)cc1. The van der Waals surface area contributed by atoms with Gasteiger partial charge in [-0.05, 0) is 96.1 Å². The first kappa shape index (κ1) is 38.5. The highest BCUT2D eigenvalue weighted by atomic mass is 16.3. The van der Waals surface area contributed by atoms with Gasteiger partial charge in [0.05, 0.1) is 33.1 Å². The quantitative estimate of drug-likeness (QED) is 0.167. The number of rotatable bonds is 6. The van der Waals surface area contributed by atoms with Crippen LogP contribution in [0.4, 0.5) is 0 Å². The summed E-state index contributed by atoms with van der Waals surface area (Å²) in [6, 6.07) is 81.6. The Morgan fingerprint density at radius 2 is 0.757 bits per heavy atom. The van der Waals surface area contributed by atoms with Gasteiger partial charge in [0.15, 0.2) is 11.6 Å². The number of benzene rings is 10. The van der Waals surface area contributed by atoms with Gasteiger partial charge in [-0.3, -0.25) is 4.57 Å². The van der Waals surface area contributed by atoms with Gasteiger partial charge >= 0.3 is 0 Å². The van der Waals surface area contributed by atoms with Crippen molar-refractivity contribution in [2.24, 2.45) is 0 Å². The lowest BCUT2D eigenvalue weighted by Crippen LogP contribution is -2.06. The molecule has 70 heavy (non-hydrogen) atoms. The van der Waals surface area contributed by atoms with E-state index in [1.807, 2.05) is 18.2 Å². The minimum Gasteiger partial charge on any atom is -0.456 e. The summed E-state index contributed by atoms with van der Waals surface area (Å²) in [6.07, 6.45) is 0. The fraction of sp³-hybridized carbons (Fsp3) is 0. The molecule has 0 amide bonds. The molecule has 0 bridgehead atoms. The van der Waals surface area contributed by atoms with Crippen LogP contribution >= 0.6 is 0 Å². The molecule has 7 heteroatoms. The smallest absolute Gasteiger partial charge is 0.238 e. The molecule has 15 aromatic rings. The molecule has 0 aliphatic heterocycles. The molecule has 0 unspecified atom stereocenters. The first-order valence-corrected chi connectivity index (χ1v) is 23.6. The zero-order valence-electron chi connectivity index (χ0n) is 37.5. The Kier molecular flexibility index (Phi) is 8.23. The van der Waals surface area contributed by atoms with Crippen molar-refractivity contribution in [2.45, 2.75) is 0 Å². The number of hydrogen-bond acceptors (Lipinski definition) is 4. The fourth-order valence-electron chi connectivity index (χ4n) is 10.9. The van der Waals surface area contributed by atoms with E-state index in [0.29, 0.717) is 17.6 Å². The van der Waals surface area contributed by atoms with Crippen LogP contribution in [0.25, 0.3) is 139 Å². The summed E-state index contributed by atoms with van der Waals surface area (Å²) in [7, 11) is 0. The van der Waals surface area contributed by atoms with Crippen LogP contribution < -0.4 is 0 Å². The van der Waals surface area contributed by atoms with Crippen molar-refractivity contribution < 1.29 is 4.42 Å². The number of nitrogens with zero attached hydrogens (tertiary/aromatic N) is 6. The third kappa shape index (κ3) is 5.79. The molecule has 5 aromatic heterocycles. The van der Waals surface area contributed by atoms with Crippen LogP contribution in [0, 0.1) is 0 Å². The molecule has 326 valence electrons. The second kappa shape index (κ2) is 15.0. The topological polar surface area (TPSA) is 66.6 Å². The third-order valence-electron chi connectivity index (χ3n) is 14.1. The first-order chi connectivity index (χ1) is 34.7. The van der Waals surface area contributed by atoms with Crippen LogP contribution in [0.2, 0.25) is 0 Å². The lowest BCUT2D eigenvalue weighted by molar-refractivity contribution is 0.669. The summed E-state index contributed by atoms with van der Waals surface area (Å²) in [5.74, 6) is 1.64. The van der Waals surface area contributed by atoms with E-state index < -0.39 is 0 Å². The van der Waals surface area contributed by atoms with Crippen LogP contribution in [-0.2, 0) is 0 Å². The van der Waals surface area contributed by atoms with Crippen molar-refractivity contribution in [3.8, 4) is 51.2 Å². The highest BCUT2D eigenvalue weighted by Crippen LogP contribution is 2.41. The van der Waals surface area contributed by atoms with Crippen LogP contribution in [0.15, 0.2) is 235 Å². The minimum absolute atomic E-state index is 0.529. The Hall–Kier alpha value is -9.59.